The van der Waals surface area contributed by atoms with Crippen LogP contribution in [0.4, 0.5) is 0 Å². The maximum absolute atomic E-state index is 9.32. The fraction of sp³-hybridized carbons (Fsp3) is 0. The van der Waals surface area contributed by atoms with Crippen molar-refractivity contribution in [3.8, 4) is 0 Å². The Labute approximate surface area is 71.9 Å². The first-order valence-electron chi connectivity index (χ1n) is 1.46. The predicted octanol–water partition coefficient (Wildman–Crippen LogP) is -3.18. The molecule has 0 radical (unpaired) electrons. The third-order valence-corrected chi connectivity index (χ3v) is 1.80. The largest absolute Gasteiger partial charge is 0.790 e. The molecule has 0 atom stereocenters. The van der Waals surface area contributed by atoms with Gasteiger partial charge < -0.3 is 39.2 Å². The Bertz CT molecular complexity index is 157. The quantitative estimate of drug-likeness (QED) is 0.394. The molecule has 0 rings (SSSR count). The van der Waals surface area contributed by atoms with E-state index < -0.39 is 15.6 Å². The van der Waals surface area contributed by atoms with E-state index in [1.807, 2.05) is 0 Å². The molecule has 11 heteroatoms. The second-order valence-electron chi connectivity index (χ2n) is 0.976. The minimum atomic E-state index is -5.68. The topological polar surface area (TPSA) is 171 Å². The van der Waals surface area contributed by atoms with Gasteiger partial charge in [0.2, 0.25) is 0 Å². The van der Waals surface area contributed by atoms with Crippen molar-refractivity contribution < 1.29 is 49.5 Å². The average molecular weight is 250 g/mol. The molecular formula is H3NNiO7P2-4. The van der Waals surface area contributed by atoms with Gasteiger partial charge in [-0.1, -0.05) is 0 Å². The summed E-state index contributed by atoms with van der Waals surface area (Å²) >= 11 is 0. The maximum Gasteiger partial charge on any atom is 0.0655 e. The van der Waals surface area contributed by atoms with Gasteiger partial charge in [-0.3, -0.25) is 0 Å². The van der Waals surface area contributed by atoms with E-state index in [-0.39, 0.29) is 22.6 Å². The molecular weight excluding hydrogens is 247 g/mol. The number of phosphoric acid groups is 2. The van der Waals surface area contributed by atoms with Gasteiger partial charge in [0.1, 0.15) is 0 Å². The molecule has 0 aliphatic heterocycles. The Hall–Kier alpha value is 0.714. The second-order valence-corrected chi connectivity index (χ2v) is 3.42. The Morgan fingerprint density at radius 3 is 1.09 bits per heavy atom. The Balaban J connectivity index is -0.000000320. The third kappa shape index (κ3) is 18.0. The van der Waals surface area contributed by atoms with E-state index in [4.69, 9.17) is 0 Å². The Morgan fingerprint density at radius 1 is 0.909 bits per heavy atom. The summed E-state index contributed by atoms with van der Waals surface area (Å²) in [4.78, 5) is 37.3. The molecule has 3 N–H and O–H groups in total. The SMILES string of the molecule is N.O=P([O-])([O-])OP(=O)([O-])[O-].[Ni]. The van der Waals surface area contributed by atoms with Crippen LogP contribution in [0.5, 0.6) is 0 Å². The summed E-state index contributed by atoms with van der Waals surface area (Å²) in [6.45, 7) is 0. The van der Waals surface area contributed by atoms with Gasteiger partial charge in [0.05, 0.1) is 15.6 Å². The van der Waals surface area contributed by atoms with Crippen LogP contribution in [0.1, 0.15) is 0 Å². The summed E-state index contributed by atoms with van der Waals surface area (Å²) in [5, 5.41) is 0. The molecule has 0 aliphatic carbocycles. The molecule has 0 heterocycles. The molecule has 74 valence electrons. The van der Waals surface area contributed by atoms with Crippen LogP contribution in [-0.2, 0) is 29.9 Å². The van der Waals surface area contributed by atoms with Crippen molar-refractivity contribution in [3.63, 3.8) is 0 Å². The first-order valence-corrected chi connectivity index (χ1v) is 4.38. The minimum Gasteiger partial charge on any atom is -0.790 e. The first-order chi connectivity index (χ1) is 3.71. The van der Waals surface area contributed by atoms with Crippen molar-refractivity contribution in [2.45, 2.75) is 0 Å². The average Bonchev–Trinajstić information content (AvgIpc) is 1.14. The Kier molecular flexibility index (Phi) is 8.65. The standard InChI is InChI=1S/H3N.Ni.H4O7P2/c;;1-8(2,3)7-9(4,5)6/h1H3;;(H2,1,2,3)(H2,4,5,6)/p-4. The van der Waals surface area contributed by atoms with Crippen LogP contribution in [0.25, 0.3) is 0 Å². The van der Waals surface area contributed by atoms with E-state index in [9.17, 15) is 28.7 Å². The molecule has 11 heavy (non-hydrogen) atoms. The van der Waals surface area contributed by atoms with Crippen molar-refractivity contribution in [3.05, 3.63) is 0 Å². The molecule has 0 fully saturated rings. The van der Waals surface area contributed by atoms with Crippen LogP contribution in [0.15, 0.2) is 0 Å². The Morgan fingerprint density at radius 2 is 1.09 bits per heavy atom. The van der Waals surface area contributed by atoms with Crippen LogP contribution in [0.2, 0.25) is 0 Å². The second kappa shape index (κ2) is 5.38. The molecule has 0 saturated heterocycles. The van der Waals surface area contributed by atoms with Crippen LogP contribution in [-0.4, -0.2) is 0 Å². The molecule has 0 aliphatic rings. The predicted molar refractivity (Wildman–Crippen MR) is 21.3 cm³/mol. The van der Waals surface area contributed by atoms with Crippen molar-refractivity contribution in [2.75, 3.05) is 0 Å². The van der Waals surface area contributed by atoms with Gasteiger partial charge >= 0.3 is 0 Å². The fourth-order valence-electron chi connectivity index (χ4n) is 0.122. The molecule has 0 aromatic rings. The minimum absolute atomic E-state index is 0. The molecule has 0 aromatic heterocycles. The van der Waals surface area contributed by atoms with Crippen molar-refractivity contribution in [2.24, 2.45) is 0 Å². The molecule has 0 unspecified atom stereocenters. The molecule has 0 aromatic carbocycles. The summed E-state index contributed by atoms with van der Waals surface area (Å²) in [5.41, 5.74) is 0. The molecule has 8 nitrogen and oxygen atoms in total. The van der Waals surface area contributed by atoms with E-state index in [0.29, 0.717) is 0 Å². The van der Waals surface area contributed by atoms with E-state index in [1.165, 1.54) is 0 Å². The third-order valence-electron chi connectivity index (χ3n) is 0.200. The zero-order chi connectivity index (χ0) is 7.71. The van der Waals surface area contributed by atoms with Crippen LogP contribution in [0.3, 0.4) is 0 Å². The number of hydrogen-bond acceptors (Lipinski definition) is 8. The zero-order valence-electron chi connectivity index (χ0n) is 4.78. The van der Waals surface area contributed by atoms with Crippen molar-refractivity contribution >= 4 is 15.6 Å². The summed E-state index contributed by atoms with van der Waals surface area (Å²) in [6.07, 6.45) is 0. The first kappa shape index (κ1) is 17.7. The number of hydrogen-bond donors (Lipinski definition) is 1. The van der Waals surface area contributed by atoms with Gasteiger partial charge in [-0.2, -0.15) is 0 Å². The van der Waals surface area contributed by atoms with E-state index in [1.54, 1.807) is 0 Å². The van der Waals surface area contributed by atoms with Crippen LogP contribution >= 0.6 is 15.6 Å². The van der Waals surface area contributed by atoms with Gasteiger partial charge in [0.15, 0.2) is 0 Å². The monoisotopic (exact) mass is 249 g/mol. The molecule has 0 spiro atoms. The fourth-order valence-corrected chi connectivity index (χ4v) is 1.10. The normalized spacial score (nSPS) is 11.3. The van der Waals surface area contributed by atoms with Gasteiger partial charge in [-0.25, -0.2) is 0 Å². The summed E-state index contributed by atoms with van der Waals surface area (Å²) in [6, 6.07) is 0. The molecule has 0 saturated carbocycles. The van der Waals surface area contributed by atoms with Crippen molar-refractivity contribution in [1.29, 1.82) is 0 Å². The van der Waals surface area contributed by atoms with Gasteiger partial charge in [0.25, 0.3) is 0 Å². The van der Waals surface area contributed by atoms with E-state index >= 15 is 0 Å². The molecule has 0 amide bonds. The van der Waals surface area contributed by atoms with E-state index in [2.05, 4.69) is 4.31 Å². The molecule has 0 bridgehead atoms. The summed E-state index contributed by atoms with van der Waals surface area (Å²) in [5.74, 6) is 0. The van der Waals surface area contributed by atoms with Crippen LogP contribution in [0, 0.1) is 0 Å². The van der Waals surface area contributed by atoms with Gasteiger partial charge in [-0.15, -0.1) is 0 Å². The maximum atomic E-state index is 9.32. The van der Waals surface area contributed by atoms with Gasteiger partial charge in [-0.05, 0) is 0 Å². The zero-order valence-corrected chi connectivity index (χ0v) is 7.55. The van der Waals surface area contributed by atoms with Crippen LogP contribution < -0.4 is 25.7 Å². The summed E-state index contributed by atoms with van der Waals surface area (Å²) in [7, 11) is -11.4. The number of rotatable bonds is 2. The van der Waals surface area contributed by atoms with E-state index in [0.717, 1.165) is 0 Å². The van der Waals surface area contributed by atoms with Crippen molar-refractivity contribution in [1.82, 2.24) is 6.15 Å². The van der Waals surface area contributed by atoms with Gasteiger partial charge in [0, 0.05) is 16.5 Å². The smallest absolute Gasteiger partial charge is 0.0655 e. The summed E-state index contributed by atoms with van der Waals surface area (Å²) < 4.78 is 21.2.